The summed E-state index contributed by atoms with van der Waals surface area (Å²) < 4.78 is 17.9. The molecule has 2 aromatic rings. The molecule has 1 saturated heterocycles. The number of hydrogen-bond acceptors (Lipinski definition) is 4. The molecule has 0 radical (unpaired) electrons. The van der Waals surface area contributed by atoms with Crippen molar-refractivity contribution < 1.29 is 9.00 Å². The summed E-state index contributed by atoms with van der Waals surface area (Å²) in [6.07, 6.45) is 4.66. The molecule has 204 valence electrons. The number of allylic oxidation sites excluding steroid dienone is 1. The fourth-order valence-electron chi connectivity index (χ4n) is 5.50. The predicted molar refractivity (Wildman–Crippen MR) is 158 cm³/mol. The van der Waals surface area contributed by atoms with Crippen LogP contribution in [0.5, 0.6) is 0 Å². The number of nitriles is 1. The Hall–Kier alpha value is -2.33. The lowest BCUT2D eigenvalue weighted by molar-refractivity contribution is -0.155. The molecule has 0 spiro atoms. The summed E-state index contributed by atoms with van der Waals surface area (Å²) in [5.41, 5.74) is 1.24. The minimum absolute atomic E-state index is 0.0169. The van der Waals surface area contributed by atoms with Gasteiger partial charge in [0.15, 0.2) is 0 Å². The number of piperidine rings is 1. The van der Waals surface area contributed by atoms with Gasteiger partial charge in [0.2, 0.25) is 12.1 Å². The van der Waals surface area contributed by atoms with Crippen LogP contribution in [-0.4, -0.2) is 32.1 Å². The van der Waals surface area contributed by atoms with Crippen LogP contribution in [0.1, 0.15) is 70.5 Å². The molecule has 5 nitrogen and oxygen atoms in total. The summed E-state index contributed by atoms with van der Waals surface area (Å²) in [6.45, 7) is 13.6. The van der Waals surface area contributed by atoms with E-state index < -0.39 is 21.2 Å². The zero-order chi connectivity index (χ0) is 28.3. The van der Waals surface area contributed by atoms with Crippen molar-refractivity contribution >= 4 is 38.8 Å². The molecule has 0 bridgehead atoms. The largest absolute Gasteiger partial charge is 0.330 e. The zero-order valence-corrected chi connectivity index (χ0v) is 25.1. The van der Waals surface area contributed by atoms with Crippen LogP contribution in [-0.2, 0) is 14.5 Å². The van der Waals surface area contributed by atoms with Crippen molar-refractivity contribution in [2.24, 2.45) is 15.7 Å². The van der Waals surface area contributed by atoms with Crippen LogP contribution in [0.3, 0.4) is 0 Å². The van der Waals surface area contributed by atoms with Crippen molar-refractivity contribution in [3.63, 3.8) is 0 Å². The van der Waals surface area contributed by atoms with Gasteiger partial charge in [0, 0.05) is 27.3 Å². The number of halogens is 2. The van der Waals surface area contributed by atoms with Crippen LogP contribution in [0, 0.1) is 22.8 Å². The molecule has 2 unspecified atom stereocenters. The molecule has 8 heteroatoms. The van der Waals surface area contributed by atoms with Crippen LogP contribution in [0.4, 0.5) is 0 Å². The SMILES string of the molecule is C=CC[C@@]1(C)C[C@H](c2cccc(Cl)c2)[C@@H](c2ccc(Cl)cc2)N(C(CS(=O)(=NC#N)C(C)C)C(C)C)C1=O. The second-order valence-corrected chi connectivity index (χ2v) is 14.7. The Bertz CT molecular complexity index is 1330. The number of hydrogen-bond donors (Lipinski definition) is 0. The van der Waals surface area contributed by atoms with E-state index in [0.29, 0.717) is 22.9 Å². The summed E-state index contributed by atoms with van der Waals surface area (Å²) in [7, 11) is -2.92. The van der Waals surface area contributed by atoms with Crippen LogP contribution >= 0.6 is 23.2 Å². The van der Waals surface area contributed by atoms with E-state index in [1.54, 1.807) is 12.3 Å². The molecule has 0 saturated carbocycles. The summed E-state index contributed by atoms with van der Waals surface area (Å²) in [4.78, 5) is 16.5. The van der Waals surface area contributed by atoms with Gasteiger partial charge in [-0.15, -0.1) is 10.9 Å². The van der Waals surface area contributed by atoms with E-state index in [9.17, 15) is 14.3 Å². The molecule has 1 aliphatic heterocycles. The maximum absolute atomic E-state index is 14.5. The fraction of sp³-hybridized carbons (Fsp3) is 0.467. The summed E-state index contributed by atoms with van der Waals surface area (Å²) in [5, 5.41) is 10.3. The first-order valence-corrected chi connectivity index (χ1v) is 15.4. The number of amides is 1. The summed E-state index contributed by atoms with van der Waals surface area (Å²) >= 11 is 12.7. The first-order chi connectivity index (χ1) is 17.9. The second kappa shape index (κ2) is 12.2. The third-order valence-corrected chi connectivity index (χ3v) is 10.8. The van der Waals surface area contributed by atoms with Gasteiger partial charge in [-0.25, -0.2) is 4.21 Å². The molecule has 5 atom stereocenters. The highest BCUT2D eigenvalue weighted by Gasteiger charge is 2.52. The number of nitrogens with zero attached hydrogens (tertiary/aromatic N) is 3. The van der Waals surface area contributed by atoms with Gasteiger partial charge < -0.3 is 4.90 Å². The Kier molecular flexibility index (Phi) is 9.73. The topological polar surface area (TPSA) is 73.5 Å². The molecule has 0 aromatic heterocycles. The van der Waals surface area contributed by atoms with Crippen molar-refractivity contribution in [3.8, 4) is 6.19 Å². The Labute approximate surface area is 238 Å². The highest BCUT2D eigenvalue weighted by Crippen LogP contribution is 2.52. The Morgan fingerprint density at radius 2 is 1.82 bits per heavy atom. The van der Waals surface area contributed by atoms with Gasteiger partial charge in [0.05, 0.1) is 26.9 Å². The van der Waals surface area contributed by atoms with E-state index in [2.05, 4.69) is 17.0 Å². The van der Waals surface area contributed by atoms with Gasteiger partial charge in [0.1, 0.15) is 0 Å². The smallest absolute Gasteiger partial charge is 0.229 e. The van der Waals surface area contributed by atoms with Gasteiger partial charge in [-0.1, -0.05) is 88.2 Å². The number of carbonyl (C=O) groups is 1. The third kappa shape index (κ3) is 6.28. The normalized spacial score (nSPS) is 24.1. The minimum Gasteiger partial charge on any atom is -0.330 e. The number of likely N-dealkylation sites (tertiary alicyclic amines) is 1. The molecular weight excluding hydrogens is 537 g/mol. The molecule has 1 fully saturated rings. The van der Waals surface area contributed by atoms with Crippen molar-refractivity contribution in [1.82, 2.24) is 4.90 Å². The van der Waals surface area contributed by atoms with E-state index in [1.165, 1.54) is 0 Å². The van der Waals surface area contributed by atoms with E-state index in [-0.39, 0.29) is 34.8 Å². The minimum atomic E-state index is -2.92. The Morgan fingerprint density at radius 3 is 2.34 bits per heavy atom. The average Bonchev–Trinajstić information content (AvgIpc) is 2.85. The molecule has 38 heavy (non-hydrogen) atoms. The molecule has 1 aliphatic rings. The van der Waals surface area contributed by atoms with Gasteiger partial charge in [-0.05, 0) is 54.2 Å². The monoisotopic (exact) mass is 573 g/mol. The van der Waals surface area contributed by atoms with Crippen molar-refractivity contribution in [1.29, 1.82) is 5.26 Å². The molecular formula is C30H37Cl2N3O2S. The standard InChI is InChI=1S/C30H37Cl2N3O2S/c1-7-15-30(6)17-26(23-9-8-10-25(32)16-23)28(22-11-13-24(31)14-12-22)35(29(30)36)27(20(2)3)18-38(37,21(4)5)34-19-33/h7-14,16,20-21,26-28H,1,15,17-18H2,2-6H3/t26-,27?,28-,30+,38?/m1/s1. The van der Waals surface area contributed by atoms with Gasteiger partial charge in [0.25, 0.3) is 0 Å². The van der Waals surface area contributed by atoms with E-state index in [4.69, 9.17) is 23.2 Å². The van der Waals surface area contributed by atoms with Crippen molar-refractivity contribution in [3.05, 3.63) is 82.4 Å². The maximum Gasteiger partial charge on any atom is 0.229 e. The summed E-state index contributed by atoms with van der Waals surface area (Å²) in [6, 6.07) is 14.6. The van der Waals surface area contributed by atoms with Crippen LogP contribution in [0.2, 0.25) is 10.0 Å². The van der Waals surface area contributed by atoms with E-state index in [1.807, 2.05) is 82.0 Å². The predicted octanol–water partition coefficient (Wildman–Crippen LogP) is 8.02. The fourth-order valence-corrected chi connectivity index (χ4v) is 7.66. The zero-order valence-electron chi connectivity index (χ0n) is 22.7. The number of benzene rings is 2. The number of carbonyl (C=O) groups excluding carboxylic acids is 1. The van der Waals surface area contributed by atoms with Crippen LogP contribution in [0.15, 0.2) is 65.5 Å². The molecule has 3 rings (SSSR count). The molecule has 0 N–H and O–H groups in total. The molecule has 0 aliphatic carbocycles. The lowest BCUT2D eigenvalue weighted by atomic mass is 9.67. The second-order valence-electron chi connectivity index (χ2n) is 11.0. The molecule has 2 aromatic carbocycles. The number of rotatable bonds is 9. The summed E-state index contributed by atoms with van der Waals surface area (Å²) in [5.74, 6) is -0.0510. The van der Waals surface area contributed by atoms with E-state index >= 15 is 0 Å². The molecule has 1 amide bonds. The van der Waals surface area contributed by atoms with Gasteiger partial charge in [-0.3, -0.25) is 4.79 Å². The van der Waals surface area contributed by atoms with Gasteiger partial charge in [-0.2, -0.15) is 5.26 Å². The first-order valence-electron chi connectivity index (χ1n) is 12.9. The van der Waals surface area contributed by atoms with Crippen LogP contribution < -0.4 is 0 Å². The average molecular weight is 575 g/mol. The Morgan fingerprint density at radius 1 is 1.16 bits per heavy atom. The van der Waals surface area contributed by atoms with Crippen molar-refractivity contribution in [2.45, 2.75) is 70.7 Å². The van der Waals surface area contributed by atoms with Gasteiger partial charge >= 0.3 is 0 Å². The third-order valence-electron chi connectivity index (χ3n) is 7.65. The Balaban J connectivity index is 2.32. The lowest BCUT2D eigenvalue weighted by Gasteiger charge is -2.53. The maximum atomic E-state index is 14.5. The first kappa shape index (κ1) is 30.2. The van der Waals surface area contributed by atoms with E-state index in [0.717, 1.165) is 11.1 Å². The lowest BCUT2D eigenvalue weighted by Crippen LogP contribution is -2.58. The quantitative estimate of drug-likeness (QED) is 0.225. The highest BCUT2D eigenvalue weighted by atomic mass is 35.5. The van der Waals surface area contributed by atoms with Crippen LogP contribution in [0.25, 0.3) is 0 Å². The highest BCUT2D eigenvalue weighted by molar-refractivity contribution is 7.94. The molecule has 1 heterocycles. The van der Waals surface area contributed by atoms with Crippen molar-refractivity contribution in [2.75, 3.05) is 5.75 Å².